The molecule has 0 aromatic carbocycles. The van der Waals surface area contributed by atoms with Gasteiger partial charge in [-0.2, -0.15) is 5.10 Å². The maximum atomic E-state index is 6.13. The Morgan fingerprint density at radius 1 is 1.40 bits per heavy atom. The lowest BCUT2D eigenvalue weighted by Crippen LogP contribution is -2.16. The van der Waals surface area contributed by atoms with E-state index in [2.05, 4.69) is 10.1 Å². The van der Waals surface area contributed by atoms with Gasteiger partial charge in [-0.15, -0.1) is 0 Å². The molecule has 1 unspecified atom stereocenters. The first kappa shape index (κ1) is 9.86. The SMILES string of the molecule is Cc1cncc(C(N)c2ccnn2C)c1. The summed E-state index contributed by atoms with van der Waals surface area (Å²) < 4.78 is 1.78. The quantitative estimate of drug-likeness (QED) is 0.795. The monoisotopic (exact) mass is 202 g/mol. The van der Waals surface area contributed by atoms with E-state index >= 15 is 0 Å². The molecule has 0 aliphatic carbocycles. The van der Waals surface area contributed by atoms with Crippen LogP contribution < -0.4 is 5.73 Å². The van der Waals surface area contributed by atoms with E-state index < -0.39 is 0 Å². The average Bonchev–Trinajstić information content (AvgIpc) is 2.63. The summed E-state index contributed by atoms with van der Waals surface area (Å²) in [4.78, 5) is 4.14. The fourth-order valence-corrected chi connectivity index (χ4v) is 1.61. The molecule has 2 heterocycles. The summed E-state index contributed by atoms with van der Waals surface area (Å²) in [5, 5.41) is 4.10. The van der Waals surface area contributed by atoms with Crippen LogP contribution >= 0.6 is 0 Å². The predicted molar refractivity (Wildman–Crippen MR) is 58.2 cm³/mol. The molecular formula is C11H14N4. The first-order valence-electron chi connectivity index (χ1n) is 4.83. The Balaban J connectivity index is 2.36. The van der Waals surface area contributed by atoms with Crippen LogP contribution in [0.4, 0.5) is 0 Å². The highest BCUT2D eigenvalue weighted by Gasteiger charge is 2.12. The lowest BCUT2D eigenvalue weighted by Gasteiger charge is -2.12. The molecule has 2 aromatic heterocycles. The largest absolute Gasteiger partial charge is 0.319 e. The molecule has 2 N–H and O–H groups in total. The minimum absolute atomic E-state index is 0.162. The van der Waals surface area contributed by atoms with E-state index in [1.807, 2.05) is 32.3 Å². The van der Waals surface area contributed by atoms with Crippen LogP contribution in [0.1, 0.15) is 22.9 Å². The Hall–Kier alpha value is -1.68. The summed E-state index contributed by atoms with van der Waals surface area (Å²) in [5.74, 6) is 0. The summed E-state index contributed by atoms with van der Waals surface area (Å²) in [6, 6.07) is 3.81. The zero-order chi connectivity index (χ0) is 10.8. The number of rotatable bonds is 2. The number of aryl methyl sites for hydroxylation is 2. The van der Waals surface area contributed by atoms with E-state index in [1.165, 1.54) is 0 Å². The highest BCUT2D eigenvalue weighted by molar-refractivity contribution is 5.27. The maximum Gasteiger partial charge on any atom is 0.0738 e. The Bertz CT molecular complexity index is 461. The van der Waals surface area contributed by atoms with Gasteiger partial charge < -0.3 is 5.73 Å². The fourth-order valence-electron chi connectivity index (χ4n) is 1.61. The summed E-state index contributed by atoms with van der Waals surface area (Å²) in [7, 11) is 1.89. The minimum Gasteiger partial charge on any atom is -0.319 e. The second-order valence-corrected chi connectivity index (χ2v) is 3.65. The van der Waals surface area contributed by atoms with E-state index in [-0.39, 0.29) is 6.04 Å². The molecule has 2 aromatic rings. The highest BCUT2D eigenvalue weighted by atomic mass is 15.3. The van der Waals surface area contributed by atoms with E-state index in [1.54, 1.807) is 17.1 Å². The van der Waals surface area contributed by atoms with Crippen molar-refractivity contribution in [2.75, 3.05) is 0 Å². The van der Waals surface area contributed by atoms with E-state index in [4.69, 9.17) is 5.73 Å². The van der Waals surface area contributed by atoms with Crippen LogP contribution in [-0.2, 0) is 7.05 Å². The lowest BCUT2D eigenvalue weighted by atomic mass is 10.1. The van der Waals surface area contributed by atoms with Gasteiger partial charge in [0.2, 0.25) is 0 Å². The summed E-state index contributed by atoms with van der Waals surface area (Å²) in [5.41, 5.74) is 9.25. The van der Waals surface area contributed by atoms with E-state index in [0.29, 0.717) is 0 Å². The standard InChI is InChI=1S/C11H14N4/c1-8-5-9(7-13-6-8)11(12)10-3-4-14-15(10)2/h3-7,11H,12H2,1-2H3. The molecule has 0 amide bonds. The van der Waals surface area contributed by atoms with Gasteiger partial charge in [0.15, 0.2) is 0 Å². The molecule has 4 nitrogen and oxygen atoms in total. The molecule has 0 saturated carbocycles. The van der Waals surface area contributed by atoms with Gasteiger partial charge in [-0.25, -0.2) is 0 Å². The summed E-state index contributed by atoms with van der Waals surface area (Å²) in [6.45, 7) is 2.01. The van der Waals surface area contributed by atoms with Gasteiger partial charge in [0.1, 0.15) is 0 Å². The molecule has 0 aliphatic rings. The molecule has 0 saturated heterocycles. The van der Waals surface area contributed by atoms with Gasteiger partial charge in [0, 0.05) is 25.6 Å². The molecule has 0 spiro atoms. The maximum absolute atomic E-state index is 6.13. The van der Waals surface area contributed by atoms with Crippen molar-refractivity contribution in [2.45, 2.75) is 13.0 Å². The molecular weight excluding hydrogens is 188 g/mol. The van der Waals surface area contributed by atoms with Crippen molar-refractivity contribution >= 4 is 0 Å². The van der Waals surface area contributed by atoms with Crippen molar-refractivity contribution in [1.82, 2.24) is 14.8 Å². The Labute approximate surface area is 88.8 Å². The minimum atomic E-state index is -0.162. The van der Waals surface area contributed by atoms with E-state index in [0.717, 1.165) is 16.8 Å². The zero-order valence-corrected chi connectivity index (χ0v) is 8.88. The zero-order valence-electron chi connectivity index (χ0n) is 8.88. The topological polar surface area (TPSA) is 56.7 Å². The third kappa shape index (κ3) is 1.89. The third-order valence-electron chi connectivity index (χ3n) is 2.43. The number of hydrogen-bond donors (Lipinski definition) is 1. The molecule has 1 atom stereocenters. The number of aromatic nitrogens is 3. The van der Waals surface area contributed by atoms with Crippen LogP contribution in [0, 0.1) is 6.92 Å². The molecule has 0 fully saturated rings. The molecule has 0 aliphatic heterocycles. The molecule has 4 heteroatoms. The Kier molecular flexibility index (Phi) is 2.51. The van der Waals surface area contributed by atoms with Crippen molar-refractivity contribution < 1.29 is 0 Å². The third-order valence-corrected chi connectivity index (χ3v) is 2.43. The van der Waals surface area contributed by atoms with Crippen LogP contribution in [0.25, 0.3) is 0 Å². The first-order chi connectivity index (χ1) is 7.18. The average molecular weight is 202 g/mol. The normalized spacial score (nSPS) is 12.7. The Morgan fingerprint density at radius 3 is 2.80 bits per heavy atom. The van der Waals surface area contributed by atoms with Crippen molar-refractivity contribution in [3.05, 3.63) is 47.5 Å². The van der Waals surface area contributed by atoms with Crippen LogP contribution in [0.5, 0.6) is 0 Å². The number of nitrogens with two attached hydrogens (primary N) is 1. The van der Waals surface area contributed by atoms with Crippen molar-refractivity contribution in [1.29, 1.82) is 0 Å². The number of nitrogens with zero attached hydrogens (tertiary/aromatic N) is 3. The smallest absolute Gasteiger partial charge is 0.0738 e. The van der Waals surface area contributed by atoms with Crippen LogP contribution in [0.3, 0.4) is 0 Å². The molecule has 15 heavy (non-hydrogen) atoms. The van der Waals surface area contributed by atoms with Crippen molar-refractivity contribution in [2.24, 2.45) is 12.8 Å². The van der Waals surface area contributed by atoms with Gasteiger partial charge in [0.25, 0.3) is 0 Å². The second-order valence-electron chi connectivity index (χ2n) is 3.65. The van der Waals surface area contributed by atoms with Gasteiger partial charge in [-0.05, 0) is 24.1 Å². The second kappa shape index (κ2) is 3.82. The lowest BCUT2D eigenvalue weighted by molar-refractivity contribution is 0.671. The molecule has 2 rings (SSSR count). The summed E-state index contributed by atoms with van der Waals surface area (Å²) in [6.07, 6.45) is 5.36. The fraction of sp³-hybridized carbons (Fsp3) is 0.273. The van der Waals surface area contributed by atoms with Gasteiger partial charge in [0.05, 0.1) is 11.7 Å². The van der Waals surface area contributed by atoms with Crippen LogP contribution in [-0.4, -0.2) is 14.8 Å². The summed E-state index contributed by atoms with van der Waals surface area (Å²) >= 11 is 0. The molecule has 0 radical (unpaired) electrons. The van der Waals surface area contributed by atoms with Gasteiger partial charge in [-0.1, -0.05) is 6.07 Å². The first-order valence-corrected chi connectivity index (χ1v) is 4.83. The predicted octanol–water partition coefficient (Wildman–Crippen LogP) is 1.17. The van der Waals surface area contributed by atoms with Crippen molar-refractivity contribution in [3.63, 3.8) is 0 Å². The molecule has 78 valence electrons. The number of pyridine rings is 1. The Morgan fingerprint density at radius 2 is 2.20 bits per heavy atom. The van der Waals surface area contributed by atoms with Gasteiger partial charge in [-0.3, -0.25) is 9.67 Å². The molecule has 0 bridgehead atoms. The van der Waals surface area contributed by atoms with Crippen LogP contribution in [0.15, 0.2) is 30.7 Å². The number of hydrogen-bond acceptors (Lipinski definition) is 3. The van der Waals surface area contributed by atoms with Gasteiger partial charge >= 0.3 is 0 Å². The van der Waals surface area contributed by atoms with Crippen LogP contribution in [0.2, 0.25) is 0 Å². The van der Waals surface area contributed by atoms with E-state index in [9.17, 15) is 0 Å². The van der Waals surface area contributed by atoms with Crippen molar-refractivity contribution in [3.8, 4) is 0 Å². The highest BCUT2D eigenvalue weighted by Crippen LogP contribution is 2.18.